The molecule has 1 aromatic rings. The zero-order valence-corrected chi connectivity index (χ0v) is 14.1. The molecule has 2 atom stereocenters. The lowest BCUT2D eigenvalue weighted by Gasteiger charge is -2.21. The molecule has 0 amide bonds. The van der Waals surface area contributed by atoms with Gasteiger partial charge in [-0.3, -0.25) is 0 Å². The predicted molar refractivity (Wildman–Crippen MR) is 92.2 cm³/mol. The van der Waals surface area contributed by atoms with Gasteiger partial charge in [0.1, 0.15) is 5.82 Å². The minimum atomic E-state index is 0.461. The number of anilines is 2. The lowest BCUT2D eigenvalue weighted by molar-refractivity contribution is 0.263. The molecular formula is C16H27N3OS. The van der Waals surface area contributed by atoms with Gasteiger partial charge in [0.2, 0.25) is 5.88 Å². The van der Waals surface area contributed by atoms with E-state index in [1.807, 2.05) is 23.9 Å². The van der Waals surface area contributed by atoms with Crippen molar-refractivity contribution in [1.29, 1.82) is 0 Å². The van der Waals surface area contributed by atoms with Gasteiger partial charge in [0.05, 0.1) is 12.3 Å². The Labute approximate surface area is 132 Å². The Hall–Kier alpha value is -1.10. The Morgan fingerprint density at radius 3 is 2.95 bits per heavy atom. The van der Waals surface area contributed by atoms with E-state index in [0.717, 1.165) is 5.82 Å². The van der Waals surface area contributed by atoms with Crippen molar-refractivity contribution in [2.75, 3.05) is 23.4 Å². The van der Waals surface area contributed by atoms with Gasteiger partial charge < -0.3 is 15.8 Å². The summed E-state index contributed by atoms with van der Waals surface area (Å²) in [6, 6.07) is 4.33. The first-order valence-electron chi connectivity index (χ1n) is 7.87. The highest BCUT2D eigenvalue weighted by Crippen LogP contribution is 2.32. The maximum absolute atomic E-state index is 5.94. The van der Waals surface area contributed by atoms with E-state index < -0.39 is 0 Å². The Bertz CT molecular complexity index is 453. The van der Waals surface area contributed by atoms with Crippen LogP contribution in [0, 0.1) is 5.92 Å². The molecular weight excluding hydrogens is 282 g/mol. The fourth-order valence-electron chi connectivity index (χ4n) is 2.59. The van der Waals surface area contributed by atoms with Crippen molar-refractivity contribution in [1.82, 2.24) is 4.98 Å². The maximum atomic E-state index is 5.94. The van der Waals surface area contributed by atoms with Gasteiger partial charge in [-0.15, -0.1) is 0 Å². The third-order valence-corrected chi connectivity index (χ3v) is 4.94. The first kappa shape index (κ1) is 16.3. The fraction of sp³-hybridized carbons (Fsp3) is 0.688. The number of nitrogens with zero attached hydrogens (tertiary/aromatic N) is 1. The normalized spacial score (nSPS) is 21.7. The Morgan fingerprint density at radius 2 is 2.24 bits per heavy atom. The van der Waals surface area contributed by atoms with Crippen LogP contribution in [0.2, 0.25) is 0 Å². The highest BCUT2D eigenvalue weighted by Gasteiger charge is 2.27. The third-order valence-electron chi connectivity index (χ3n) is 3.61. The summed E-state index contributed by atoms with van der Waals surface area (Å²) in [4.78, 5) is 4.53. The van der Waals surface area contributed by atoms with Gasteiger partial charge in [-0.05, 0) is 36.6 Å². The van der Waals surface area contributed by atoms with E-state index in [-0.39, 0.29) is 0 Å². The van der Waals surface area contributed by atoms with Crippen LogP contribution in [0.3, 0.4) is 0 Å². The first-order valence-corrected chi connectivity index (χ1v) is 8.92. The highest BCUT2D eigenvalue weighted by molar-refractivity contribution is 7.99. The van der Waals surface area contributed by atoms with Crippen LogP contribution in [0.5, 0.6) is 5.88 Å². The number of ether oxygens (including phenoxy) is 1. The SMILES string of the molecule is CCSC1CCCC1Nc1ccc(N)c(OCC(C)C)n1. The standard InChI is InChI=1S/C16H27N3OS/c1-4-21-14-7-5-6-13(14)18-15-9-8-12(17)16(19-15)20-10-11(2)3/h8-9,11,13-14H,4-7,10,17H2,1-3H3,(H,18,19). The van der Waals surface area contributed by atoms with Crippen LogP contribution in [-0.2, 0) is 0 Å². The molecule has 0 radical (unpaired) electrons. The average Bonchev–Trinajstić information content (AvgIpc) is 2.87. The number of hydrogen-bond acceptors (Lipinski definition) is 5. The van der Waals surface area contributed by atoms with Gasteiger partial charge in [0.25, 0.3) is 0 Å². The number of nitrogens with one attached hydrogen (secondary N) is 1. The van der Waals surface area contributed by atoms with E-state index in [2.05, 4.69) is 31.1 Å². The summed E-state index contributed by atoms with van der Waals surface area (Å²) in [5.74, 6) is 3.05. The van der Waals surface area contributed by atoms with Crippen molar-refractivity contribution in [3.05, 3.63) is 12.1 Å². The molecule has 3 N–H and O–H groups in total. The molecule has 1 fully saturated rings. The molecule has 0 spiro atoms. The van der Waals surface area contributed by atoms with Gasteiger partial charge in [-0.2, -0.15) is 16.7 Å². The zero-order chi connectivity index (χ0) is 15.2. The molecule has 21 heavy (non-hydrogen) atoms. The second-order valence-corrected chi connectivity index (χ2v) is 7.49. The molecule has 1 aromatic heterocycles. The molecule has 5 heteroatoms. The number of hydrogen-bond donors (Lipinski definition) is 2. The Morgan fingerprint density at radius 1 is 1.43 bits per heavy atom. The Balaban J connectivity index is 2.01. The number of pyridine rings is 1. The molecule has 4 nitrogen and oxygen atoms in total. The largest absolute Gasteiger partial charge is 0.476 e. The van der Waals surface area contributed by atoms with Gasteiger partial charge >= 0.3 is 0 Å². The minimum absolute atomic E-state index is 0.461. The van der Waals surface area contributed by atoms with Crippen LogP contribution in [0.25, 0.3) is 0 Å². The molecule has 2 rings (SSSR count). The smallest absolute Gasteiger partial charge is 0.239 e. The van der Waals surface area contributed by atoms with Crippen molar-refractivity contribution in [3.8, 4) is 5.88 Å². The monoisotopic (exact) mass is 309 g/mol. The van der Waals surface area contributed by atoms with Crippen LogP contribution < -0.4 is 15.8 Å². The molecule has 2 unspecified atom stereocenters. The molecule has 0 bridgehead atoms. The molecule has 0 saturated heterocycles. The summed E-state index contributed by atoms with van der Waals surface area (Å²) < 4.78 is 5.70. The molecule has 0 aromatic carbocycles. The number of thioether (sulfide) groups is 1. The summed E-state index contributed by atoms with van der Waals surface area (Å²) in [6.45, 7) is 7.09. The van der Waals surface area contributed by atoms with E-state index in [1.165, 1.54) is 25.0 Å². The maximum Gasteiger partial charge on any atom is 0.239 e. The van der Waals surface area contributed by atoms with E-state index in [4.69, 9.17) is 10.5 Å². The van der Waals surface area contributed by atoms with Gasteiger partial charge in [-0.25, -0.2) is 0 Å². The summed E-state index contributed by atoms with van der Waals surface area (Å²) >= 11 is 2.04. The molecule has 118 valence electrons. The Kier molecular flexibility index (Phi) is 6.03. The second kappa shape index (κ2) is 7.78. The van der Waals surface area contributed by atoms with E-state index >= 15 is 0 Å². The van der Waals surface area contributed by atoms with Gasteiger partial charge in [0.15, 0.2) is 0 Å². The first-order chi connectivity index (χ1) is 10.1. The molecule has 1 aliphatic rings. The number of aromatic nitrogens is 1. The van der Waals surface area contributed by atoms with Crippen molar-refractivity contribution < 1.29 is 4.74 Å². The van der Waals surface area contributed by atoms with E-state index in [1.54, 1.807) is 0 Å². The summed E-state index contributed by atoms with van der Waals surface area (Å²) in [5, 5.41) is 4.25. The average molecular weight is 309 g/mol. The van der Waals surface area contributed by atoms with Gasteiger partial charge in [0, 0.05) is 11.3 Å². The second-order valence-electron chi connectivity index (χ2n) is 5.97. The van der Waals surface area contributed by atoms with Crippen molar-refractivity contribution in [2.24, 2.45) is 5.92 Å². The molecule has 1 heterocycles. The number of nitrogens with two attached hydrogens (primary N) is 1. The highest BCUT2D eigenvalue weighted by atomic mass is 32.2. The minimum Gasteiger partial charge on any atom is -0.476 e. The molecule has 1 aliphatic carbocycles. The number of nitrogen functional groups attached to an aromatic ring is 1. The summed E-state index contributed by atoms with van der Waals surface area (Å²) in [7, 11) is 0. The lowest BCUT2D eigenvalue weighted by Crippen LogP contribution is -2.26. The van der Waals surface area contributed by atoms with Crippen LogP contribution in [0.15, 0.2) is 12.1 Å². The van der Waals surface area contributed by atoms with Crippen LogP contribution in [0.1, 0.15) is 40.0 Å². The summed E-state index contributed by atoms with van der Waals surface area (Å²) in [6.07, 6.45) is 3.80. The van der Waals surface area contributed by atoms with Crippen molar-refractivity contribution in [3.63, 3.8) is 0 Å². The fourth-order valence-corrected chi connectivity index (χ4v) is 3.79. The van der Waals surface area contributed by atoms with Gasteiger partial charge in [-0.1, -0.05) is 27.2 Å². The van der Waals surface area contributed by atoms with Crippen LogP contribution in [0.4, 0.5) is 11.5 Å². The molecule has 0 aliphatic heterocycles. The quantitative estimate of drug-likeness (QED) is 0.802. The van der Waals surface area contributed by atoms with Crippen LogP contribution in [-0.4, -0.2) is 28.6 Å². The van der Waals surface area contributed by atoms with E-state index in [0.29, 0.717) is 35.4 Å². The number of rotatable bonds is 7. The van der Waals surface area contributed by atoms with Crippen molar-refractivity contribution >= 4 is 23.3 Å². The topological polar surface area (TPSA) is 60.2 Å². The van der Waals surface area contributed by atoms with Crippen molar-refractivity contribution in [2.45, 2.75) is 51.3 Å². The van der Waals surface area contributed by atoms with Crippen LogP contribution >= 0.6 is 11.8 Å². The predicted octanol–water partition coefficient (Wildman–Crippen LogP) is 3.78. The summed E-state index contributed by atoms with van der Waals surface area (Å²) in [5.41, 5.74) is 6.54. The van der Waals surface area contributed by atoms with E-state index in [9.17, 15) is 0 Å². The lowest BCUT2D eigenvalue weighted by atomic mass is 10.2. The zero-order valence-electron chi connectivity index (χ0n) is 13.3. The molecule has 1 saturated carbocycles. The third kappa shape index (κ3) is 4.70.